The summed E-state index contributed by atoms with van der Waals surface area (Å²) >= 11 is 0. The number of hydrogen-bond donors (Lipinski definition) is 2. The minimum Gasteiger partial charge on any atom is -0.335 e. The van der Waals surface area contributed by atoms with Crippen molar-refractivity contribution in [2.45, 2.75) is 69.0 Å². The molecule has 1 aliphatic carbocycles. The third-order valence-electron chi connectivity index (χ3n) is 6.46. The van der Waals surface area contributed by atoms with Gasteiger partial charge in [-0.25, -0.2) is 4.79 Å². The second-order valence-electron chi connectivity index (χ2n) is 8.45. The number of aromatic nitrogens is 2. The number of para-hydroxylation sites is 1. The molecule has 148 valence electrons. The van der Waals surface area contributed by atoms with Gasteiger partial charge in [0.15, 0.2) is 5.82 Å². The molecule has 5 rings (SSSR count). The van der Waals surface area contributed by atoms with Crippen LogP contribution in [0.4, 0.5) is 10.5 Å². The molecule has 1 aromatic carbocycles. The molecule has 7 nitrogen and oxygen atoms in total. The Morgan fingerprint density at radius 3 is 2.64 bits per heavy atom. The van der Waals surface area contributed by atoms with E-state index in [1.165, 1.54) is 19.3 Å². The van der Waals surface area contributed by atoms with Crippen LogP contribution in [0.5, 0.6) is 0 Å². The van der Waals surface area contributed by atoms with Crippen molar-refractivity contribution in [2.24, 2.45) is 0 Å². The molecule has 3 heterocycles. The van der Waals surface area contributed by atoms with E-state index in [9.17, 15) is 4.79 Å². The van der Waals surface area contributed by atoms with E-state index in [0.29, 0.717) is 29.6 Å². The standard InChI is InChI=1S/C21H27N5O2/c1-26-15-5-4-6-16(26)12-14(11-15)22-21(27)23-18-8-3-2-7-17(18)20-24-19(25-28-20)13-9-10-13/h2-3,7-8,13-16H,4-6,9-12H2,1H3,(H2,22,23,27). The zero-order valence-electron chi connectivity index (χ0n) is 16.2. The lowest BCUT2D eigenvalue weighted by Crippen LogP contribution is -2.55. The summed E-state index contributed by atoms with van der Waals surface area (Å²) in [6.45, 7) is 0. The maximum atomic E-state index is 12.7. The van der Waals surface area contributed by atoms with Gasteiger partial charge in [-0.3, -0.25) is 0 Å². The number of carbonyl (C=O) groups excluding carboxylic acids is 1. The predicted molar refractivity (Wildman–Crippen MR) is 106 cm³/mol. The Morgan fingerprint density at radius 2 is 1.89 bits per heavy atom. The third kappa shape index (κ3) is 3.51. The molecular weight excluding hydrogens is 354 g/mol. The van der Waals surface area contributed by atoms with E-state index in [1.807, 2.05) is 24.3 Å². The van der Waals surface area contributed by atoms with Crippen molar-refractivity contribution in [2.75, 3.05) is 12.4 Å². The lowest BCUT2D eigenvalue weighted by atomic mass is 9.82. The Hall–Kier alpha value is -2.41. The average molecular weight is 381 g/mol. The van der Waals surface area contributed by atoms with Crippen LogP contribution in [0.2, 0.25) is 0 Å². The van der Waals surface area contributed by atoms with Crippen molar-refractivity contribution in [1.29, 1.82) is 0 Å². The molecule has 3 aliphatic rings. The Bertz CT molecular complexity index is 848. The Kier molecular flexibility index (Phi) is 4.55. The largest absolute Gasteiger partial charge is 0.335 e. The summed E-state index contributed by atoms with van der Waals surface area (Å²) < 4.78 is 5.45. The summed E-state index contributed by atoms with van der Waals surface area (Å²) in [6, 6.07) is 8.83. The van der Waals surface area contributed by atoms with Gasteiger partial charge in [-0.15, -0.1) is 0 Å². The fraction of sp³-hybridized carbons (Fsp3) is 0.571. The highest BCUT2D eigenvalue weighted by Gasteiger charge is 2.36. The van der Waals surface area contributed by atoms with Gasteiger partial charge in [0.25, 0.3) is 5.89 Å². The summed E-state index contributed by atoms with van der Waals surface area (Å²) in [4.78, 5) is 19.7. The van der Waals surface area contributed by atoms with Gasteiger partial charge < -0.3 is 20.1 Å². The van der Waals surface area contributed by atoms with Gasteiger partial charge in [0.05, 0.1) is 11.3 Å². The smallest absolute Gasteiger partial charge is 0.319 e. The molecule has 2 aliphatic heterocycles. The van der Waals surface area contributed by atoms with Gasteiger partial charge in [-0.05, 0) is 57.7 Å². The highest BCUT2D eigenvalue weighted by atomic mass is 16.5. The molecular formula is C21H27N5O2. The van der Waals surface area contributed by atoms with Crippen LogP contribution in [0.3, 0.4) is 0 Å². The molecule has 2 unspecified atom stereocenters. The Morgan fingerprint density at radius 1 is 1.14 bits per heavy atom. The van der Waals surface area contributed by atoms with E-state index in [-0.39, 0.29) is 12.1 Å². The van der Waals surface area contributed by atoms with E-state index in [2.05, 4.69) is 32.7 Å². The quantitative estimate of drug-likeness (QED) is 0.843. The van der Waals surface area contributed by atoms with Crippen LogP contribution in [0, 0.1) is 0 Å². The molecule has 2 N–H and O–H groups in total. The molecule has 1 aromatic heterocycles. The molecule has 0 spiro atoms. The first-order chi connectivity index (χ1) is 13.7. The fourth-order valence-electron chi connectivity index (χ4n) is 4.71. The summed E-state index contributed by atoms with van der Waals surface area (Å²) in [5.74, 6) is 1.67. The average Bonchev–Trinajstić information content (AvgIpc) is 3.40. The summed E-state index contributed by atoms with van der Waals surface area (Å²) in [7, 11) is 2.22. The molecule has 1 saturated carbocycles. The molecule has 2 atom stereocenters. The van der Waals surface area contributed by atoms with Gasteiger partial charge in [0.1, 0.15) is 0 Å². The molecule has 3 fully saturated rings. The number of fused-ring (bicyclic) bond motifs is 2. The van der Waals surface area contributed by atoms with E-state index in [0.717, 1.165) is 37.1 Å². The monoisotopic (exact) mass is 381 g/mol. The van der Waals surface area contributed by atoms with Crippen LogP contribution in [-0.2, 0) is 0 Å². The van der Waals surface area contributed by atoms with E-state index in [4.69, 9.17) is 4.52 Å². The SMILES string of the molecule is CN1C2CCCC1CC(NC(=O)Nc1ccccc1-c1nc(C3CC3)no1)C2. The van der Waals surface area contributed by atoms with Crippen LogP contribution < -0.4 is 10.6 Å². The van der Waals surface area contributed by atoms with Crippen molar-refractivity contribution in [3.05, 3.63) is 30.1 Å². The van der Waals surface area contributed by atoms with Crippen LogP contribution >= 0.6 is 0 Å². The Balaban J connectivity index is 1.26. The molecule has 28 heavy (non-hydrogen) atoms. The molecule has 0 radical (unpaired) electrons. The Labute approximate surface area is 164 Å². The summed E-state index contributed by atoms with van der Waals surface area (Å²) in [5.41, 5.74) is 1.46. The highest BCUT2D eigenvalue weighted by Crippen LogP contribution is 2.39. The van der Waals surface area contributed by atoms with Crippen LogP contribution in [-0.4, -0.2) is 46.2 Å². The van der Waals surface area contributed by atoms with Gasteiger partial charge >= 0.3 is 6.03 Å². The maximum Gasteiger partial charge on any atom is 0.319 e. The number of urea groups is 1. The van der Waals surface area contributed by atoms with Crippen molar-refractivity contribution in [3.63, 3.8) is 0 Å². The fourth-order valence-corrected chi connectivity index (χ4v) is 4.71. The number of benzene rings is 1. The van der Waals surface area contributed by atoms with Gasteiger partial charge in [0.2, 0.25) is 0 Å². The van der Waals surface area contributed by atoms with Crippen molar-refractivity contribution in [3.8, 4) is 11.5 Å². The van der Waals surface area contributed by atoms with E-state index >= 15 is 0 Å². The molecule has 2 saturated heterocycles. The van der Waals surface area contributed by atoms with Crippen LogP contribution in [0.1, 0.15) is 56.7 Å². The predicted octanol–water partition coefficient (Wildman–Crippen LogP) is 3.75. The molecule has 2 bridgehead atoms. The molecule has 2 aromatic rings. The molecule has 7 heteroatoms. The van der Waals surface area contributed by atoms with Crippen LogP contribution in [0.25, 0.3) is 11.5 Å². The molecule has 2 amide bonds. The number of nitrogens with zero attached hydrogens (tertiary/aromatic N) is 3. The van der Waals surface area contributed by atoms with E-state index < -0.39 is 0 Å². The third-order valence-corrected chi connectivity index (χ3v) is 6.46. The second-order valence-corrected chi connectivity index (χ2v) is 8.45. The van der Waals surface area contributed by atoms with E-state index in [1.54, 1.807) is 0 Å². The van der Waals surface area contributed by atoms with Gasteiger partial charge in [0, 0.05) is 24.0 Å². The summed E-state index contributed by atoms with van der Waals surface area (Å²) in [5, 5.41) is 10.3. The number of piperidine rings is 2. The number of rotatable bonds is 4. The van der Waals surface area contributed by atoms with Gasteiger partial charge in [-0.1, -0.05) is 23.7 Å². The minimum atomic E-state index is -0.165. The topological polar surface area (TPSA) is 83.3 Å². The maximum absolute atomic E-state index is 12.7. The number of hydrogen-bond acceptors (Lipinski definition) is 5. The highest BCUT2D eigenvalue weighted by molar-refractivity contribution is 5.93. The summed E-state index contributed by atoms with van der Waals surface area (Å²) in [6.07, 6.45) is 8.07. The first-order valence-electron chi connectivity index (χ1n) is 10.4. The number of amides is 2. The number of carbonyl (C=O) groups is 1. The lowest BCUT2D eigenvalue weighted by Gasteiger charge is -2.47. The van der Waals surface area contributed by atoms with Crippen molar-refractivity contribution in [1.82, 2.24) is 20.4 Å². The zero-order chi connectivity index (χ0) is 19.1. The lowest BCUT2D eigenvalue weighted by molar-refractivity contribution is 0.0513. The van der Waals surface area contributed by atoms with Crippen molar-refractivity contribution >= 4 is 11.7 Å². The van der Waals surface area contributed by atoms with Crippen molar-refractivity contribution < 1.29 is 9.32 Å². The minimum absolute atomic E-state index is 0.165. The van der Waals surface area contributed by atoms with Crippen LogP contribution in [0.15, 0.2) is 28.8 Å². The zero-order valence-corrected chi connectivity index (χ0v) is 16.2. The first kappa shape index (κ1) is 17.7. The number of nitrogens with one attached hydrogen (secondary N) is 2. The normalized spacial score (nSPS) is 27.4. The van der Waals surface area contributed by atoms with Gasteiger partial charge in [-0.2, -0.15) is 4.98 Å². The number of anilines is 1. The second kappa shape index (κ2) is 7.20. The first-order valence-corrected chi connectivity index (χ1v) is 10.4.